The molecule has 210 valence electrons. The van der Waals surface area contributed by atoms with Gasteiger partial charge in [-0.25, -0.2) is 0 Å². The van der Waals surface area contributed by atoms with Crippen LogP contribution in [-0.2, 0) is 11.3 Å². The molecule has 1 saturated heterocycles. The molecule has 6 heteroatoms. The number of carboxylic acids is 1. The van der Waals surface area contributed by atoms with Gasteiger partial charge in [0.25, 0.3) is 0 Å². The van der Waals surface area contributed by atoms with Crippen LogP contribution >= 0.6 is 0 Å². The van der Waals surface area contributed by atoms with Crippen LogP contribution < -0.4 is 0 Å². The summed E-state index contributed by atoms with van der Waals surface area (Å²) in [6, 6.07) is 17.4. The number of likely N-dealkylation sites (N-methyl/N-ethyl adjacent to an activating group) is 1. The van der Waals surface area contributed by atoms with Crippen molar-refractivity contribution in [1.82, 2.24) is 19.6 Å². The van der Waals surface area contributed by atoms with Crippen molar-refractivity contribution in [1.29, 1.82) is 0 Å². The number of benzene rings is 2. The first-order valence-corrected chi connectivity index (χ1v) is 15.0. The maximum atomic E-state index is 12.1. The van der Waals surface area contributed by atoms with E-state index in [4.69, 9.17) is 5.10 Å². The smallest absolute Gasteiger partial charge is 0.321 e. The summed E-state index contributed by atoms with van der Waals surface area (Å²) in [6.07, 6.45) is 4.41. The third-order valence-electron chi connectivity index (χ3n) is 9.49. The predicted molar refractivity (Wildman–Crippen MR) is 158 cm³/mol. The summed E-state index contributed by atoms with van der Waals surface area (Å²) in [5, 5.41) is 16.2. The summed E-state index contributed by atoms with van der Waals surface area (Å²) in [5.74, 6) is 0.909. The van der Waals surface area contributed by atoms with E-state index in [1.807, 2.05) is 20.9 Å². The molecule has 2 aliphatic rings. The van der Waals surface area contributed by atoms with E-state index in [1.54, 1.807) is 0 Å². The molecule has 1 saturated carbocycles. The molecule has 5 rings (SSSR count). The SMILES string of the molecule is CCn1nc2ccccc2c1C1CCN(C[C@H]2C[C@H](N(C)[C@@H](C(=O)O)C(C)C)C[C@@H]2c2cccc(C)c2)CC1. The van der Waals surface area contributed by atoms with E-state index >= 15 is 0 Å². The first-order chi connectivity index (χ1) is 18.8. The van der Waals surface area contributed by atoms with Gasteiger partial charge in [0.1, 0.15) is 6.04 Å². The van der Waals surface area contributed by atoms with Crippen molar-refractivity contribution in [3.05, 3.63) is 65.4 Å². The van der Waals surface area contributed by atoms with Gasteiger partial charge in [0.2, 0.25) is 0 Å². The van der Waals surface area contributed by atoms with E-state index in [0.29, 0.717) is 17.8 Å². The van der Waals surface area contributed by atoms with E-state index in [0.717, 1.165) is 57.4 Å². The van der Waals surface area contributed by atoms with Gasteiger partial charge in [-0.1, -0.05) is 61.9 Å². The van der Waals surface area contributed by atoms with Gasteiger partial charge in [0.15, 0.2) is 0 Å². The molecule has 39 heavy (non-hydrogen) atoms. The van der Waals surface area contributed by atoms with Crippen molar-refractivity contribution in [3.8, 4) is 0 Å². The van der Waals surface area contributed by atoms with Gasteiger partial charge in [0.05, 0.1) is 5.52 Å². The van der Waals surface area contributed by atoms with Crippen molar-refractivity contribution >= 4 is 16.9 Å². The number of hydrogen-bond acceptors (Lipinski definition) is 4. The minimum atomic E-state index is -0.705. The van der Waals surface area contributed by atoms with Gasteiger partial charge in [-0.2, -0.15) is 5.10 Å². The number of aromatic nitrogens is 2. The fraction of sp³-hybridized carbons (Fsp3) is 0.576. The number of carbonyl (C=O) groups is 1. The fourth-order valence-corrected chi connectivity index (χ4v) is 7.59. The van der Waals surface area contributed by atoms with Gasteiger partial charge < -0.3 is 10.0 Å². The molecule has 2 aromatic carbocycles. The Kier molecular flexibility index (Phi) is 8.43. The van der Waals surface area contributed by atoms with Crippen LogP contribution in [0.4, 0.5) is 0 Å². The number of hydrogen-bond donors (Lipinski definition) is 1. The van der Waals surface area contributed by atoms with Crippen LogP contribution in [0.5, 0.6) is 0 Å². The summed E-state index contributed by atoms with van der Waals surface area (Å²) < 4.78 is 2.23. The molecule has 1 aliphatic heterocycles. The molecule has 1 aliphatic carbocycles. The molecule has 6 nitrogen and oxygen atoms in total. The number of nitrogens with zero attached hydrogens (tertiary/aromatic N) is 4. The zero-order valence-electron chi connectivity index (χ0n) is 24.4. The topological polar surface area (TPSA) is 61.6 Å². The van der Waals surface area contributed by atoms with Crippen LogP contribution in [0.1, 0.15) is 75.1 Å². The quantitative estimate of drug-likeness (QED) is 0.360. The molecule has 0 unspecified atom stereocenters. The summed E-state index contributed by atoms with van der Waals surface area (Å²) in [6.45, 7) is 12.6. The van der Waals surface area contributed by atoms with E-state index in [9.17, 15) is 9.90 Å². The maximum absolute atomic E-state index is 12.1. The Morgan fingerprint density at radius 2 is 1.85 bits per heavy atom. The van der Waals surface area contributed by atoms with Gasteiger partial charge in [0, 0.05) is 36.1 Å². The summed E-state index contributed by atoms with van der Waals surface area (Å²) in [5.41, 5.74) is 5.25. The highest BCUT2D eigenvalue weighted by atomic mass is 16.4. The Bertz CT molecular complexity index is 1280. The minimum Gasteiger partial charge on any atom is -0.480 e. The van der Waals surface area contributed by atoms with E-state index in [1.165, 1.54) is 22.2 Å². The first-order valence-electron chi connectivity index (χ1n) is 15.0. The number of aliphatic carboxylic acids is 1. The number of fused-ring (bicyclic) bond motifs is 1. The van der Waals surface area contributed by atoms with E-state index < -0.39 is 12.0 Å². The second-order valence-electron chi connectivity index (χ2n) is 12.4. The number of piperidine rings is 1. The number of rotatable bonds is 9. The average Bonchev–Trinajstić information content (AvgIpc) is 3.50. The molecule has 0 bridgehead atoms. The predicted octanol–water partition coefficient (Wildman–Crippen LogP) is 6.15. The molecular formula is C33H46N4O2. The molecule has 1 aromatic heterocycles. The zero-order valence-corrected chi connectivity index (χ0v) is 24.4. The van der Waals surface area contributed by atoms with Gasteiger partial charge in [-0.15, -0.1) is 0 Å². The molecule has 4 atom stereocenters. The molecule has 0 amide bonds. The average molecular weight is 531 g/mol. The maximum Gasteiger partial charge on any atom is 0.321 e. The Labute approximate surface area is 234 Å². The zero-order chi connectivity index (χ0) is 27.7. The number of likely N-dealkylation sites (tertiary alicyclic amines) is 1. The normalized spacial score (nSPS) is 23.7. The van der Waals surface area contributed by atoms with Crippen LogP contribution in [0.2, 0.25) is 0 Å². The van der Waals surface area contributed by atoms with Crippen LogP contribution in [0, 0.1) is 18.8 Å². The number of aryl methyl sites for hydroxylation is 2. The Morgan fingerprint density at radius 1 is 1.10 bits per heavy atom. The van der Waals surface area contributed by atoms with Gasteiger partial charge >= 0.3 is 5.97 Å². The molecule has 2 heterocycles. The lowest BCUT2D eigenvalue weighted by Gasteiger charge is -2.35. The second kappa shape index (κ2) is 11.8. The summed E-state index contributed by atoms with van der Waals surface area (Å²) >= 11 is 0. The van der Waals surface area contributed by atoms with Gasteiger partial charge in [-0.05, 0) is 89.1 Å². The second-order valence-corrected chi connectivity index (χ2v) is 12.4. The monoisotopic (exact) mass is 530 g/mol. The molecule has 0 spiro atoms. The summed E-state index contributed by atoms with van der Waals surface area (Å²) in [7, 11) is 2.03. The molecular weight excluding hydrogens is 484 g/mol. The van der Waals surface area contributed by atoms with Crippen LogP contribution in [0.15, 0.2) is 48.5 Å². The number of carboxylic acid groups (broad SMARTS) is 1. The van der Waals surface area contributed by atoms with Crippen molar-refractivity contribution in [2.75, 3.05) is 26.7 Å². The Hall–Kier alpha value is -2.70. The lowest BCUT2D eigenvalue weighted by Crippen LogP contribution is -2.47. The van der Waals surface area contributed by atoms with Crippen molar-refractivity contribution in [2.45, 2.75) is 83.8 Å². The summed E-state index contributed by atoms with van der Waals surface area (Å²) in [4.78, 5) is 17.0. The van der Waals surface area contributed by atoms with Crippen molar-refractivity contribution in [3.63, 3.8) is 0 Å². The van der Waals surface area contributed by atoms with Crippen LogP contribution in [0.25, 0.3) is 10.9 Å². The van der Waals surface area contributed by atoms with Crippen molar-refractivity contribution < 1.29 is 9.90 Å². The highest BCUT2D eigenvalue weighted by molar-refractivity contribution is 5.82. The molecule has 3 aromatic rings. The highest BCUT2D eigenvalue weighted by Crippen LogP contribution is 2.44. The Balaban J connectivity index is 1.31. The molecule has 1 N–H and O–H groups in total. The largest absolute Gasteiger partial charge is 0.480 e. The Morgan fingerprint density at radius 3 is 2.51 bits per heavy atom. The van der Waals surface area contributed by atoms with E-state index in [2.05, 4.69) is 76.9 Å². The van der Waals surface area contributed by atoms with Crippen LogP contribution in [-0.4, -0.2) is 69.4 Å². The van der Waals surface area contributed by atoms with Crippen molar-refractivity contribution in [2.24, 2.45) is 11.8 Å². The minimum absolute atomic E-state index is 0.0793. The third kappa shape index (κ3) is 5.78. The molecule has 2 fully saturated rings. The lowest BCUT2D eigenvalue weighted by molar-refractivity contribution is -0.145. The van der Waals surface area contributed by atoms with Gasteiger partial charge in [-0.3, -0.25) is 14.4 Å². The lowest BCUT2D eigenvalue weighted by atomic mass is 9.86. The standard InChI is InChI=1S/C33H46N4O2/c1-6-37-32(28-12-7-8-13-30(28)34-37)24-14-16-36(17-15-24)21-26-19-27(35(5)31(22(2)3)33(38)39)20-29(26)25-11-9-10-23(4)18-25/h7-13,18,22,24,26-27,29,31H,6,14-17,19-21H2,1-5H3,(H,38,39)/t26-,27+,29-,31-/m1/s1. The fourth-order valence-electron chi connectivity index (χ4n) is 7.59. The molecule has 0 radical (unpaired) electrons. The highest BCUT2D eigenvalue weighted by Gasteiger charge is 2.41. The first kappa shape index (κ1) is 27.9. The third-order valence-corrected chi connectivity index (χ3v) is 9.49. The van der Waals surface area contributed by atoms with E-state index in [-0.39, 0.29) is 12.0 Å². The van der Waals surface area contributed by atoms with Crippen LogP contribution in [0.3, 0.4) is 0 Å².